The summed E-state index contributed by atoms with van der Waals surface area (Å²) in [5.74, 6) is 0. The van der Waals surface area contributed by atoms with Crippen molar-refractivity contribution in [2.24, 2.45) is 0 Å². The van der Waals surface area contributed by atoms with E-state index < -0.39 is 0 Å². The molecule has 0 bridgehead atoms. The van der Waals surface area contributed by atoms with E-state index in [0.29, 0.717) is 0 Å². The van der Waals surface area contributed by atoms with Gasteiger partial charge in [0.05, 0.1) is 6.10 Å². The molecule has 0 rings (SSSR count). The van der Waals surface area contributed by atoms with Crippen LogP contribution in [-0.4, -0.2) is 17.8 Å². The molecule has 0 saturated heterocycles. The number of aliphatic hydroxyl groups is 1. The zero-order chi connectivity index (χ0) is 5.70. The first-order chi connectivity index (χ1) is 3.27. The van der Waals surface area contributed by atoms with Crippen LogP contribution in [0.2, 0.25) is 0 Å². The Kier molecular flexibility index (Phi) is 4.60. The maximum absolute atomic E-state index is 8.61. The molecule has 1 atom stereocenters. The minimum atomic E-state index is -0.209. The average molecular weight is 121 g/mol. The summed E-state index contributed by atoms with van der Waals surface area (Å²) in [6.45, 7) is 2.52. The fraction of sp³-hybridized carbons (Fsp3) is 1.00. The van der Waals surface area contributed by atoms with E-state index in [-0.39, 0.29) is 6.10 Å². The van der Waals surface area contributed by atoms with Crippen molar-refractivity contribution < 1.29 is 5.11 Å². The fourth-order valence-electron chi connectivity index (χ4n) is 0.273. The van der Waals surface area contributed by atoms with E-state index in [0.717, 1.165) is 13.0 Å². The van der Waals surface area contributed by atoms with E-state index in [9.17, 15) is 0 Å². The van der Waals surface area contributed by atoms with Crippen LogP contribution in [0.3, 0.4) is 0 Å². The molecule has 0 radical (unpaired) electrons. The quantitative estimate of drug-likeness (QED) is 0.466. The van der Waals surface area contributed by atoms with Crippen molar-refractivity contribution in [3.05, 3.63) is 0 Å². The van der Waals surface area contributed by atoms with E-state index in [1.807, 2.05) is 0 Å². The van der Waals surface area contributed by atoms with Gasteiger partial charge in [-0.05, 0) is 13.3 Å². The van der Waals surface area contributed by atoms with Crippen LogP contribution >= 0.6 is 12.8 Å². The zero-order valence-corrected chi connectivity index (χ0v) is 5.28. The Bertz CT molecular complexity index is 40.7. The maximum Gasteiger partial charge on any atom is 0.0524 e. The minimum absolute atomic E-state index is 0.209. The molecule has 0 aliphatic carbocycles. The highest BCUT2D eigenvalue weighted by Gasteiger charge is 1.90. The largest absolute Gasteiger partial charge is 0.393 e. The lowest BCUT2D eigenvalue weighted by molar-refractivity contribution is 0.186. The second kappa shape index (κ2) is 4.43. The van der Waals surface area contributed by atoms with Gasteiger partial charge in [0.25, 0.3) is 0 Å². The molecule has 0 aromatic carbocycles. The number of hydrogen-bond acceptors (Lipinski definition) is 3. The third-order valence-electron chi connectivity index (χ3n) is 0.674. The van der Waals surface area contributed by atoms with E-state index in [2.05, 4.69) is 17.5 Å². The van der Waals surface area contributed by atoms with E-state index in [1.54, 1.807) is 6.92 Å². The van der Waals surface area contributed by atoms with Crippen LogP contribution in [0.1, 0.15) is 13.3 Å². The lowest BCUT2D eigenvalue weighted by Gasteiger charge is -1.99. The summed E-state index contributed by atoms with van der Waals surface area (Å²) < 4.78 is 2.63. The Morgan fingerprint density at radius 3 is 2.57 bits per heavy atom. The Hall–Kier alpha value is 0.270. The molecule has 2 N–H and O–H groups in total. The van der Waals surface area contributed by atoms with Crippen LogP contribution < -0.4 is 4.72 Å². The van der Waals surface area contributed by atoms with Gasteiger partial charge >= 0.3 is 0 Å². The Balaban J connectivity index is 2.68. The van der Waals surface area contributed by atoms with Crippen molar-refractivity contribution >= 4 is 12.8 Å². The third-order valence-corrected chi connectivity index (χ3v) is 0.898. The van der Waals surface area contributed by atoms with Gasteiger partial charge in [0, 0.05) is 6.54 Å². The molecule has 0 aromatic rings. The lowest BCUT2D eigenvalue weighted by Crippen LogP contribution is -2.09. The molecule has 0 spiro atoms. The monoisotopic (exact) mass is 121 g/mol. The SMILES string of the molecule is CC(O)CCNS. The first-order valence-electron chi connectivity index (χ1n) is 2.32. The summed E-state index contributed by atoms with van der Waals surface area (Å²) in [4.78, 5) is 0. The molecule has 7 heavy (non-hydrogen) atoms. The number of hydrogen-bond donors (Lipinski definition) is 3. The van der Waals surface area contributed by atoms with Gasteiger partial charge in [-0.15, -0.1) is 0 Å². The molecule has 44 valence electrons. The maximum atomic E-state index is 8.61. The van der Waals surface area contributed by atoms with Crippen molar-refractivity contribution in [3.8, 4) is 0 Å². The van der Waals surface area contributed by atoms with Crippen LogP contribution in [-0.2, 0) is 0 Å². The smallest absolute Gasteiger partial charge is 0.0524 e. The van der Waals surface area contributed by atoms with Gasteiger partial charge in [-0.2, -0.15) is 0 Å². The third kappa shape index (κ3) is 6.27. The number of aliphatic hydroxyl groups excluding tert-OH is 1. The number of thiol groups is 1. The van der Waals surface area contributed by atoms with Gasteiger partial charge in [-0.25, -0.2) is 0 Å². The first kappa shape index (κ1) is 7.27. The molecule has 0 saturated carbocycles. The average Bonchev–Trinajstić information content (AvgIpc) is 1.61. The first-order valence-corrected chi connectivity index (χ1v) is 2.77. The normalized spacial score (nSPS) is 14.1. The number of rotatable bonds is 3. The Morgan fingerprint density at radius 1 is 1.86 bits per heavy atom. The zero-order valence-electron chi connectivity index (χ0n) is 4.39. The van der Waals surface area contributed by atoms with Crippen LogP contribution in [0.15, 0.2) is 0 Å². The summed E-state index contributed by atoms with van der Waals surface area (Å²) in [7, 11) is 0. The van der Waals surface area contributed by atoms with Crippen molar-refractivity contribution in [1.29, 1.82) is 0 Å². The van der Waals surface area contributed by atoms with Crippen molar-refractivity contribution in [1.82, 2.24) is 4.72 Å². The summed E-state index contributed by atoms with van der Waals surface area (Å²) >= 11 is 3.73. The molecule has 1 unspecified atom stereocenters. The van der Waals surface area contributed by atoms with Crippen LogP contribution in [0.5, 0.6) is 0 Å². The molecule has 0 aliphatic rings. The fourth-order valence-corrected chi connectivity index (χ4v) is 0.403. The molecule has 0 aliphatic heterocycles. The highest BCUT2D eigenvalue weighted by atomic mass is 32.1. The van der Waals surface area contributed by atoms with E-state index >= 15 is 0 Å². The summed E-state index contributed by atoms with van der Waals surface area (Å²) in [5, 5.41) is 8.61. The van der Waals surface area contributed by atoms with Crippen LogP contribution in [0.4, 0.5) is 0 Å². The summed E-state index contributed by atoms with van der Waals surface area (Å²) in [6, 6.07) is 0. The molecule has 0 amide bonds. The predicted octanol–water partition coefficient (Wildman–Crippen LogP) is 0.192. The van der Waals surface area contributed by atoms with Gasteiger partial charge in [-0.3, -0.25) is 4.72 Å². The lowest BCUT2D eigenvalue weighted by atomic mass is 10.3. The summed E-state index contributed by atoms with van der Waals surface area (Å²) in [5.41, 5.74) is 0. The van der Waals surface area contributed by atoms with Gasteiger partial charge < -0.3 is 5.11 Å². The van der Waals surface area contributed by atoms with E-state index in [1.165, 1.54) is 0 Å². The highest BCUT2D eigenvalue weighted by Crippen LogP contribution is 1.84. The highest BCUT2D eigenvalue weighted by molar-refractivity contribution is 7.78. The Morgan fingerprint density at radius 2 is 2.43 bits per heavy atom. The topological polar surface area (TPSA) is 32.3 Å². The predicted molar refractivity (Wildman–Crippen MR) is 33.3 cm³/mol. The van der Waals surface area contributed by atoms with Crippen molar-refractivity contribution in [2.75, 3.05) is 6.54 Å². The number of nitrogens with one attached hydrogen (secondary N) is 1. The molecular formula is C4H11NOS. The van der Waals surface area contributed by atoms with Crippen molar-refractivity contribution in [2.45, 2.75) is 19.4 Å². The Labute approximate surface area is 49.5 Å². The standard InChI is InChI=1S/C4H11NOS/c1-4(6)2-3-5-7/h4-7H,2-3H2,1H3. The second-order valence-corrected chi connectivity index (χ2v) is 1.86. The molecular weight excluding hydrogens is 110 g/mol. The van der Waals surface area contributed by atoms with Gasteiger partial charge in [0.2, 0.25) is 0 Å². The van der Waals surface area contributed by atoms with Crippen LogP contribution in [0.25, 0.3) is 0 Å². The molecule has 0 heterocycles. The van der Waals surface area contributed by atoms with Crippen molar-refractivity contribution in [3.63, 3.8) is 0 Å². The van der Waals surface area contributed by atoms with Gasteiger partial charge in [-0.1, -0.05) is 12.8 Å². The molecule has 2 nitrogen and oxygen atoms in total. The molecule has 0 aromatic heterocycles. The van der Waals surface area contributed by atoms with Crippen LogP contribution in [0, 0.1) is 0 Å². The summed E-state index contributed by atoms with van der Waals surface area (Å²) in [6.07, 6.45) is 0.559. The van der Waals surface area contributed by atoms with Gasteiger partial charge in [0.15, 0.2) is 0 Å². The van der Waals surface area contributed by atoms with Gasteiger partial charge in [0.1, 0.15) is 0 Å². The molecule has 3 heteroatoms. The molecule has 0 fully saturated rings. The van der Waals surface area contributed by atoms with E-state index in [4.69, 9.17) is 5.11 Å². The minimum Gasteiger partial charge on any atom is -0.393 e. The second-order valence-electron chi connectivity index (χ2n) is 1.55.